The minimum absolute atomic E-state index is 0.672. The van der Waals surface area contributed by atoms with Crippen LogP contribution in [0.5, 0.6) is 0 Å². The van der Waals surface area contributed by atoms with E-state index in [2.05, 4.69) is 168 Å². The average molecular weight is 760 g/mol. The van der Waals surface area contributed by atoms with Gasteiger partial charge in [-0.2, -0.15) is 0 Å². The van der Waals surface area contributed by atoms with Crippen LogP contribution in [0.25, 0.3) is 125 Å². The minimum atomic E-state index is 0.672. The maximum atomic E-state index is 7.00. The van der Waals surface area contributed by atoms with E-state index in [1.807, 2.05) is 17.4 Å². The van der Waals surface area contributed by atoms with Gasteiger partial charge in [-0.1, -0.05) is 115 Å². The van der Waals surface area contributed by atoms with Crippen molar-refractivity contribution in [1.29, 1.82) is 0 Å². The number of rotatable bonds is 4. The van der Waals surface area contributed by atoms with E-state index in [9.17, 15) is 0 Å². The molecule has 0 atom stereocenters. The highest BCUT2D eigenvalue weighted by Crippen LogP contribution is 2.45. The summed E-state index contributed by atoms with van der Waals surface area (Å²) in [4.78, 5) is 9.59. The predicted molar refractivity (Wildman–Crippen MR) is 240 cm³/mol. The standard InChI is InChI=1S/C52H29N3O2S/c1-2-13-33(14-3-1)55-42-21-6-4-16-40(42)46-43(55)25-24-38-37-19-9-17-34(49(37)57-50(38)46)31-23-26-44-41(28-31)48-51(56-44)47(53-29-54-48)32-12-8-11-30(27-32)35-18-10-20-39-36-15-5-7-22-45(36)58-52(35)39/h1-29H. The fourth-order valence-corrected chi connectivity index (χ4v) is 10.4. The molecule has 5 heterocycles. The lowest BCUT2D eigenvalue weighted by Gasteiger charge is -2.07. The van der Waals surface area contributed by atoms with E-state index in [4.69, 9.17) is 18.8 Å². The summed E-state index contributed by atoms with van der Waals surface area (Å²) in [7, 11) is 0. The van der Waals surface area contributed by atoms with Crippen molar-refractivity contribution in [3.8, 4) is 39.2 Å². The lowest BCUT2D eigenvalue weighted by atomic mass is 9.99. The zero-order valence-electron chi connectivity index (χ0n) is 30.8. The molecule has 270 valence electrons. The van der Waals surface area contributed by atoms with Gasteiger partial charge in [0.2, 0.25) is 0 Å². The van der Waals surface area contributed by atoms with E-state index < -0.39 is 0 Å². The molecule has 6 heteroatoms. The molecule has 0 fully saturated rings. The SMILES string of the molecule is c1ccc(-n2c3ccccc3c3c4oc5c(-c6ccc7oc8c(-c9cccc(-c%10cccc%11c%10sc%10ccccc%10%11)c9)ncnc8c7c6)cccc5c4ccc32)cc1. The van der Waals surface area contributed by atoms with Crippen LogP contribution >= 0.6 is 11.3 Å². The van der Waals surface area contributed by atoms with Gasteiger partial charge in [-0.3, -0.25) is 0 Å². The van der Waals surface area contributed by atoms with Gasteiger partial charge in [0.05, 0.1) is 16.4 Å². The Morgan fingerprint density at radius 2 is 1.19 bits per heavy atom. The first kappa shape index (κ1) is 31.6. The molecular formula is C52H29N3O2S. The van der Waals surface area contributed by atoms with Crippen LogP contribution in [-0.2, 0) is 0 Å². The molecular weight excluding hydrogens is 731 g/mol. The number of furan rings is 2. The number of benzene rings is 8. The number of para-hydroxylation sites is 3. The smallest absolute Gasteiger partial charge is 0.180 e. The molecule has 0 N–H and O–H groups in total. The predicted octanol–water partition coefficient (Wildman–Crippen LogP) is 14.7. The van der Waals surface area contributed by atoms with Gasteiger partial charge in [-0.15, -0.1) is 11.3 Å². The minimum Gasteiger partial charge on any atom is -0.455 e. The highest BCUT2D eigenvalue weighted by Gasteiger charge is 2.22. The summed E-state index contributed by atoms with van der Waals surface area (Å²) in [6, 6.07) is 60.1. The molecule has 0 saturated carbocycles. The Morgan fingerprint density at radius 1 is 0.448 bits per heavy atom. The van der Waals surface area contributed by atoms with E-state index in [0.29, 0.717) is 5.58 Å². The van der Waals surface area contributed by atoms with Crippen molar-refractivity contribution in [1.82, 2.24) is 14.5 Å². The Morgan fingerprint density at radius 3 is 2.12 bits per heavy atom. The monoisotopic (exact) mass is 759 g/mol. The Kier molecular flexibility index (Phi) is 6.54. The summed E-state index contributed by atoms with van der Waals surface area (Å²) in [5.41, 5.74) is 13.5. The maximum Gasteiger partial charge on any atom is 0.180 e. The summed E-state index contributed by atoms with van der Waals surface area (Å²) in [6.45, 7) is 0. The average Bonchev–Trinajstić information content (AvgIpc) is 4.05. The number of hydrogen-bond acceptors (Lipinski definition) is 5. The van der Waals surface area contributed by atoms with Crippen molar-refractivity contribution in [3.05, 3.63) is 176 Å². The second-order valence-electron chi connectivity index (χ2n) is 14.9. The van der Waals surface area contributed by atoms with E-state index in [1.54, 1.807) is 6.33 Å². The Balaban J connectivity index is 0.956. The summed E-state index contributed by atoms with van der Waals surface area (Å²) in [5, 5.41) is 7.96. The molecule has 13 aromatic rings. The van der Waals surface area contributed by atoms with Gasteiger partial charge in [0.1, 0.15) is 34.3 Å². The van der Waals surface area contributed by atoms with Gasteiger partial charge < -0.3 is 13.4 Å². The highest BCUT2D eigenvalue weighted by molar-refractivity contribution is 7.26. The normalized spacial score (nSPS) is 12.1. The van der Waals surface area contributed by atoms with Gasteiger partial charge in [-0.25, -0.2) is 9.97 Å². The van der Waals surface area contributed by atoms with Crippen molar-refractivity contribution in [2.75, 3.05) is 0 Å². The van der Waals surface area contributed by atoms with Crippen LogP contribution < -0.4 is 0 Å². The van der Waals surface area contributed by atoms with Crippen LogP contribution in [0.4, 0.5) is 0 Å². The molecule has 0 aliphatic carbocycles. The van der Waals surface area contributed by atoms with Crippen LogP contribution in [0.3, 0.4) is 0 Å². The zero-order chi connectivity index (χ0) is 37.9. The molecule has 0 unspecified atom stereocenters. The molecule has 5 nitrogen and oxygen atoms in total. The summed E-state index contributed by atoms with van der Waals surface area (Å²) >= 11 is 1.84. The second-order valence-corrected chi connectivity index (χ2v) is 15.9. The molecule has 0 aliphatic heterocycles. The first-order valence-corrected chi connectivity index (χ1v) is 20.2. The fourth-order valence-electron chi connectivity index (χ4n) is 9.15. The Labute approximate surface area is 334 Å². The topological polar surface area (TPSA) is 57.0 Å². The van der Waals surface area contributed by atoms with E-state index in [0.717, 1.165) is 93.9 Å². The van der Waals surface area contributed by atoms with Crippen molar-refractivity contribution in [3.63, 3.8) is 0 Å². The molecule has 5 aromatic heterocycles. The number of nitrogens with zero attached hydrogens (tertiary/aromatic N) is 3. The molecule has 0 spiro atoms. The molecule has 13 rings (SSSR count). The molecule has 0 bridgehead atoms. The van der Waals surface area contributed by atoms with E-state index >= 15 is 0 Å². The summed E-state index contributed by atoms with van der Waals surface area (Å²) in [5.74, 6) is 0. The van der Waals surface area contributed by atoms with Gasteiger partial charge in [0, 0.05) is 58.5 Å². The van der Waals surface area contributed by atoms with Crippen molar-refractivity contribution < 1.29 is 8.83 Å². The first-order valence-electron chi connectivity index (χ1n) is 19.4. The Bertz CT molecular complexity index is 3810. The van der Waals surface area contributed by atoms with Crippen LogP contribution in [-0.4, -0.2) is 14.5 Å². The molecule has 0 saturated heterocycles. The third-order valence-corrected chi connectivity index (χ3v) is 12.9. The number of thiophene rings is 1. The van der Waals surface area contributed by atoms with E-state index in [1.165, 1.54) is 25.7 Å². The van der Waals surface area contributed by atoms with Crippen molar-refractivity contribution in [2.45, 2.75) is 0 Å². The molecule has 58 heavy (non-hydrogen) atoms. The third-order valence-electron chi connectivity index (χ3n) is 11.7. The van der Waals surface area contributed by atoms with E-state index in [-0.39, 0.29) is 0 Å². The quantitative estimate of drug-likeness (QED) is 0.179. The van der Waals surface area contributed by atoms with Gasteiger partial charge >= 0.3 is 0 Å². The van der Waals surface area contributed by atoms with Gasteiger partial charge in [0.15, 0.2) is 5.58 Å². The van der Waals surface area contributed by atoms with Crippen LogP contribution in [0.1, 0.15) is 0 Å². The summed E-state index contributed by atoms with van der Waals surface area (Å²) in [6.07, 6.45) is 1.65. The van der Waals surface area contributed by atoms with Crippen molar-refractivity contribution in [2.24, 2.45) is 0 Å². The second kappa shape index (κ2) is 12.0. The van der Waals surface area contributed by atoms with Crippen LogP contribution in [0, 0.1) is 0 Å². The first-order chi connectivity index (χ1) is 28.8. The summed E-state index contributed by atoms with van der Waals surface area (Å²) < 4.78 is 18.5. The molecule has 0 aliphatic rings. The lowest BCUT2D eigenvalue weighted by Crippen LogP contribution is -1.92. The lowest BCUT2D eigenvalue weighted by molar-refractivity contribution is 0.667. The zero-order valence-corrected chi connectivity index (χ0v) is 31.6. The number of aromatic nitrogens is 3. The van der Waals surface area contributed by atoms with Crippen LogP contribution in [0.15, 0.2) is 185 Å². The third kappa shape index (κ3) is 4.46. The fraction of sp³-hybridized carbons (Fsp3) is 0. The number of hydrogen-bond donors (Lipinski definition) is 0. The molecule has 0 radical (unpaired) electrons. The van der Waals surface area contributed by atoms with Crippen LogP contribution in [0.2, 0.25) is 0 Å². The van der Waals surface area contributed by atoms with Gasteiger partial charge in [-0.05, 0) is 71.3 Å². The van der Waals surface area contributed by atoms with Gasteiger partial charge in [0.25, 0.3) is 0 Å². The van der Waals surface area contributed by atoms with Crippen molar-refractivity contribution >= 4 is 97.3 Å². The molecule has 0 amide bonds. The number of fused-ring (bicyclic) bond motifs is 13. The Hall–Kier alpha value is -7.54. The maximum absolute atomic E-state index is 7.00. The highest BCUT2D eigenvalue weighted by atomic mass is 32.1. The largest absolute Gasteiger partial charge is 0.455 e. The molecule has 8 aromatic carbocycles.